The number of guanidine groups is 1. The van der Waals surface area contributed by atoms with Crippen molar-refractivity contribution < 1.29 is 4.79 Å². The Morgan fingerprint density at radius 3 is 2.35 bits per heavy atom. The van der Waals surface area contributed by atoms with Crippen LogP contribution >= 0.6 is 0 Å². The number of carbonyl (C=O) groups is 1. The van der Waals surface area contributed by atoms with Gasteiger partial charge in [-0.1, -0.05) is 32.0 Å². The van der Waals surface area contributed by atoms with E-state index in [-0.39, 0.29) is 5.91 Å². The van der Waals surface area contributed by atoms with Gasteiger partial charge in [0.15, 0.2) is 0 Å². The van der Waals surface area contributed by atoms with Crippen LogP contribution in [0.1, 0.15) is 58.8 Å². The third kappa shape index (κ3) is 6.25. The van der Waals surface area contributed by atoms with Gasteiger partial charge in [-0.3, -0.25) is 15.1 Å². The molecule has 3 aromatic rings. The molecular formula is C26H30N4O. The molecular weight excluding hydrogens is 384 g/mol. The Morgan fingerprint density at radius 1 is 1.00 bits per heavy atom. The van der Waals surface area contributed by atoms with Crippen molar-refractivity contribution in [1.82, 2.24) is 10.3 Å². The topological polar surface area (TPSA) is 66.4 Å². The van der Waals surface area contributed by atoms with Crippen LogP contribution in [0.3, 0.4) is 0 Å². The zero-order valence-corrected chi connectivity index (χ0v) is 18.6. The SMILES string of the molecule is CC[C@@H](C)c1ccc(NC(=NCc2ccncc2)NC(=O)c2ccc(C)c(C)c2)cc1. The van der Waals surface area contributed by atoms with Gasteiger partial charge < -0.3 is 5.32 Å². The van der Waals surface area contributed by atoms with E-state index < -0.39 is 0 Å². The molecule has 1 aromatic heterocycles. The molecule has 31 heavy (non-hydrogen) atoms. The molecule has 2 N–H and O–H groups in total. The molecule has 0 radical (unpaired) electrons. The van der Waals surface area contributed by atoms with Gasteiger partial charge in [0.2, 0.25) is 5.96 Å². The van der Waals surface area contributed by atoms with Crippen LogP contribution in [0, 0.1) is 13.8 Å². The van der Waals surface area contributed by atoms with E-state index in [9.17, 15) is 4.79 Å². The quantitative estimate of drug-likeness (QED) is 0.407. The Balaban J connectivity index is 1.80. The summed E-state index contributed by atoms with van der Waals surface area (Å²) in [7, 11) is 0. The number of amides is 1. The summed E-state index contributed by atoms with van der Waals surface area (Å²) in [6, 6.07) is 17.8. The van der Waals surface area contributed by atoms with Crippen LogP contribution in [0.15, 0.2) is 72.0 Å². The lowest BCUT2D eigenvalue weighted by atomic mass is 9.99. The number of anilines is 1. The average Bonchev–Trinajstić information content (AvgIpc) is 2.79. The number of benzene rings is 2. The predicted molar refractivity (Wildman–Crippen MR) is 128 cm³/mol. The van der Waals surface area contributed by atoms with Crippen molar-refractivity contribution in [2.45, 2.75) is 46.6 Å². The monoisotopic (exact) mass is 414 g/mol. The highest BCUT2D eigenvalue weighted by atomic mass is 16.1. The van der Waals surface area contributed by atoms with E-state index in [0.717, 1.165) is 28.8 Å². The van der Waals surface area contributed by atoms with Crippen LogP contribution in [-0.4, -0.2) is 16.9 Å². The van der Waals surface area contributed by atoms with Gasteiger partial charge in [0, 0.05) is 23.6 Å². The number of carbonyl (C=O) groups excluding carboxylic acids is 1. The van der Waals surface area contributed by atoms with Crippen LogP contribution in [0.25, 0.3) is 0 Å². The molecule has 5 heteroatoms. The molecule has 3 rings (SSSR count). The van der Waals surface area contributed by atoms with Gasteiger partial charge in [-0.25, -0.2) is 4.99 Å². The van der Waals surface area contributed by atoms with Crippen LogP contribution < -0.4 is 10.6 Å². The molecule has 1 atom stereocenters. The fourth-order valence-corrected chi connectivity index (χ4v) is 3.10. The number of aliphatic imine (C=N–C) groups is 1. The molecule has 0 bridgehead atoms. The maximum atomic E-state index is 12.9. The van der Waals surface area contributed by atoms with Crippen molar-refractivity contribution in [3.8, 4) is 0 Å². The smallest absolute Gasteiger partial charge is 0.257 e. The molecule has 5 nitrogen and oxygen atoms in total. The number of hydrogen-bond donors (Lipinski definition) is 2. The summed E-state index contributed by atoms with van der Waals surface area (Å²) in [5.74, 6) is 0.731. The first-order valence-electron chi connectivity index (χ1n) is 10.6. The molecule has 2 aromatic carbocycles. The van der Waals surface area contributed by atoms with E-state index in [1.807, 2.05) is 56.3 Å². The van der Waals surface area contributed by atoms with Crippen molar-refractivity contribution >= 4 is 17.6 Å². The molecule has 0 aliphatic rings. The third-order valence-electron chi connectivity index (χ3n) is 5.52. The number of aromatic nitrogens is 1. The van der Waals surface area contributed by atoms with Crippen LogP contribution in [0.4, 0.5) is 5.69 Å². The third-order valence-corrected chi connectivity index (χ3v) is 5.52. The van der Waals surface area contributed by atoms with Crippen LogP contribution in [-0.2, 0) is 6.54 Å². The molecule has 0 aliphatic carbocycles. The van der Waals surface area contributed by atoms with Gasteiger partial charge in [-0.15, -0.1) is 0 Å². The van der Waals surface area contributed by atoms with Gasteiger partial charge in [0.05, 0.1) is 6.54 Å². The highest BCUT2D eigenvalue weighted by Crippen LogP contribution is 2.20. The fourth-order valence-electron chi connectivity index (χ4n) is 3.10. The number of nitrogens with zero attached hydrogens (tertiary/aromatic N) is 2. The van der Waals surface area contributed by atoms with Gasteiger partial charge in [-0.2, -0.15) is 0 Å². The Morgan fingerprint density at radius 2 is 1.71 bits per heavy atom. The van der Waals surface area contributed by atoms with Crippen LogP contribution in [0.2, 0.25) is 0 Å². The van der Waals surface area contributed by atoms with E-state index in [1.165, 1.54) is 5.56 Å². The lowest BCUT2D eigenvalue weighted by Gasteiger charge is -2.14. The molecule has 0 aliphatic heterocycles. The molecule has 0 saturated heterocycles. The number of aryl methyl sites for hydroxylation is 2. The highest BCUT2D eigenvalue weighted by Gasteiger charge is 2.11. The minimum Gasteiger partial charge on any atom is -0.326 e. The lowest BCUT2D eigenvalue weighted by molar-refractivity contribution is 0.0977. The molecule has 160 valence electrons. The number of hydrogen-bond acceptors (Lipinski definition) is 3. The lowest BCUT2D eigenvalue weighted by Crippen LogP contribution is -2.36. The summed E-state index contributed by atoms with van der Waals surface area (Å²) < 4.78 is 0. The van der Waals surface area contributed by atoms with Crippen LogP contribution in [0.5, 0.6) is 0 Å². The molecule has 1 amide bonds. The fraction of sp³-hybridized carbons (Fsp3) is 0.269. The standard InChI is InChI=1S/C26H30N4O/c1-5-18(2)22-8-10-24(11-9-22)29-26(28-17-21-12-14-27-15-13-21)30-25(31)23-7-6-19(3)20(4)16-23/h6-16,18H,5,17H2,1-4H3,(H2,28,29,30,31)/t18-/m1/s1. The van der Waals surface area contributed by atoms with Gasteiger partial charge >= 0.3 is 0 Å². The Hall–Kier alpha value is -3.47. The zero-order chi connectivity index (χ0) is 22.2. The van der Waals surface area contributed by atoms with Gasteiger partial charge in [0.25, 0.3) is 5.91 Å². The largest absolute Gasteiger partial charge is 0.326 e. The normalized spacial score (nSPS) is 12.3. The zero-order valence-electron chi connectivity index (χ0n) is 18.6. The second kappa shape index (κ2) is 10.5. The van der Waals surface area contributed by atoms with Crippen molar-refractivity contribution in [1.29, 1.82) is 0 Å². The molecule has 1 heterocycles. The molecule has 0 saturated carbocycles. The number of rotatable bonds is 6. The van der Waals surface area contributed by atoms with E-state index in [4.69, 9.17) is 0 Å². The number of nitrogens with one attached hydrogen (secondary N) is 2. The summed E-state index contributed by atoms with van der Waals surface area (Å²) >= 11 is 0. The van der Waals surface area contributed by atoms with E-state index in [1.54, 1.807) is 12.4 Å². The average molecular weight is 415 g/mol. The van der Waals surface area contributed by atoms with Crippen molar-refractivity contribution in [2.75, 3.05) is 5.32 Å². The number of pyridine rings is 1. The van der Waals surface area contributed by atoms with Gasteiger partial charge in [0.1, 0.15) is 0 Å². The molecule has 0 fully saturated rings. The first-order valence-corrected chi connectivity index (χ1v) is 10.6. The molecule has 0 spiro atoms. The predicted octanol–water partition coefficient (Wildman–Crippen LogP) is 5.61. The van der Waals surface area contributed by atoms with Crippen molar-refractivity contribution in [2.24, 2.45) is 4.99 Å². The van der Waals surface area contributed by atoms with E-state index in [2.05, 4.69) is 46.6 Å². The summed E-state index contributed by atoms with van der Waals surface area (Å²) in [6.07, 6.45) is 4.57. The summed E-state index contributed by atoms with van der Waals surface area (Å²) in [5, 5.41) is 6.19. The first kappa shape index (κ1) is 22.2. The Kier molecular flexibility index (Phi) is 7.55. The van der Waals surface area contributed by atoms with Gasteiger partial charge in [-0.05, 0) is 84.8 Å². The van der Waals surface area contributed by atoms with E-state index in [0.29, 0.717) is 24.0 Å². The Labute approximate surface area is 184 Å². The highest BCUT2D eigenvalue weighted by molar-refractivity contribution is 6.10. The maximum absolute atomic E-state index is 12.9. The summed E-state index contributed by atoms with van der Waals surface area (Å²) in [5.41, 5.74) is 6.03. The minimum atomic E-state index is -0.194. The second-order valence-electron chi connectivity index (χ2n) is 7.83. The first-order chi connectivity index (χ1) is 15.0. The summed E-state index contributed by atoms with van der Waals surface area (Å²) in [6.45, 7) is 8.87. The summed E-state index contributed by atoms with van der Waals surface area (Å²) in [4.78, 5) is 21.5. The van der Waals surface area contributed by atoms with E-state index >= 15 is 0 Å². The second-order valence-corrected chi connectivity index (χ2v) is 7.83. The minimum absolute atomic E-state index is 0.194. The van der Waals surface area contributed by atoms with Crippen molar-refractivity contribution in [3.05, 3.63) is 94.8 Å². The molecule has 0 unspecified atom stereocenters. The maximum Gasteiger partial charge on any atom is 0.257 e. The Bertz CT molecular complexity index is 1040. The van der Waals surface area contributed by atoms with Crippen molar-refractivity contribution in [3.63, 3.8) is 0 Å².